The second kappa shape index (κ2) is 10.4. The number of nitrogens with zero attached hydrogens (tertiary/aromatic N) is 3. The van der Waals surface area contributed by atoms with Gasteiger partial charge in [-0.1, -0.05) is 12.1 Å². The van der Waals surface area contributed by atoms with Gasteiger partial charge in [-0.05, 0) is 75.8 Å². The van der Waals surface area contributed by atoms with Crippen LogP contribution in [-0.4, -0.2) is 42.8 Å². The molecule has 0 atom stereocenters. The first-order valence-electron chi connectivity index (χ1n) is 10.7. The molecule has 1 aliphatic rings. The predicted octanol–water partition coefficient (Wildman–Crippen LogP) is 4.09. The van der Waals surface area contributed by atoms with Crippen molar-refractivity contribution >= 4 is 11.8 Å². The number of benzene rings is 1. The number of ether oxygens (including phenoxy) is 1. The summed E-state index contributed by atoms with van der Waals surface area (Å²) in [5.41, 5.74) is 1.30. The molecule has 1 aromatic heterocycles. The lowest BCUT2D eigenvalue weighted by Gasteiger charge is -2.29. The van der Waals surface area contributed by atoms with Crippen molar-refractivity contribution in [3.63, 3.8) is 0 Å². The number of nitrogens with one attached hydrogen (secondary N) is 2. The number of aromatic nitrogens is 2. The van der Waals surface area contributed by atoms with Crippen molar-refractivity contribution in [1.82, 2.24) is 15.3 Å². The second-order valence-electron chi connectivity index (χ2n) is 8.44. The Morgan fingerprint density at radius 3 is 2.45 bits per heavy atom. The SMILES string of the molecule is CC(C)Oc1ccc(CNC[C@H]2CC[C@@H](Nc3nccc(N(C)C)n3)CC2)cc1. The van der Waals surface area contributed by atoms with Crippen LogP contribution in [0.3, 0.4) is 0 Å². The zero-order valence-corrected chi connectivity index (χ0v) is 18.2. The molecule has 1 saturated carbocycles. The van der Waals surface area contributed by atoms with E-state index in [9.17, 15) is 0 Å². The molecule has 1 aliphatic carbocycles. The number of anilines is 2. The van der Waals surface area contributed by atoms with Crippen LogP contribution in [0.2, 0.25) is 0 Å². The van der Waals surface area contributed by atoms with Gasteiger partial charge in [0.2, 0.25) is 5.95 Å². The van der Waals surface area contributed by atoms with Crippen LogP contribution < -0.4 is 20.3 Å². The first kappa shape index (κ1) is 21.4. The van der Waals surface area contributed by atoms with E-state index >= 15 is 0 Å². The molecule has 1 aromatic carbocycles. The Morgan fingerprint density at radius 1 is 1.07 bits per heavy atom. The summed E-state index contributed by atoms with van der Waals surface area (Å²) in [6.45, 7) is 6.08. The monoisotopic (exact) mass is 397 g/mol. The summed E-state index contributed by atoms with van der Waals surface area (Å²) < 4.78 is 5.70. The number of rotatable bonds is 9. The van der Waals surface area contributed by atoms with Gasteiger partial charge in [0.05, 0.1) is 6.10 Å². The number of hydrogen-bond acceptors (Lipinski definition) is 6. The maximum atomic E-state index is 5.70. The van der Waals surface area contributed by atoms with Crippen molar-refractivity contribution in [3.8, 4) is 5.75 Å². The molecule has 6 heteroatoms. The van der Waals surface area contributed by atoms with E-state index in [4.69, 9.17) is 4.74 Å². The van der Waals surface area contributed by atoms with E-state index in [1.54, 1.807) is 0 Å². The van der Waals surface area contributed by atoms with E-state index < -0.39 is 0 Å². The summed E-state index contributed by atoms with van der Waals surface area (Å²) in [7, 11) is 4.00. The molecule has 6 nitrogen and oxygen atoms in total. The third-order valence-electron chi connectivity index (χ3n) is 5.34. The van der Waals surface area contributed by atoms with Gasteiger partial charge in [-0.25, -0.2) is 4.98 Å². The molecule has 3 rings (SSSR count). The Morgan fingerprint density at radius 2 is 1.79 bits per heavy atom. The fraction of sp³-hybridized carbons (Fsp3) is 0.565. The van der Waals surface area contributed by atoms with E-state index in [1.807, 2.05) is 45.1 Å². The summed E-state index contributed by atoms with van der Waals surface area (Å²) in [5, 5.41) is 7.14. The molecule has 0 bridgehead atoms. The quantitative estimate of drug-likeness (QED) is 0.664. The molecule has 0 saturated heterocycles. The van der Waals surface area contributed by atoms with Gasteiger partial charge in [-0.3, -0.25) is 0 Å². The van der Waals surface area contributed by atoms with Crippen molar-refractivity contribution in [2.45, 2.75) is 58.2 Å². The predicted molar refractivity (Wildman–Crippen MR) is 120 cm³/mol. The normalized spacial score (nSPS) is 19.2. The Balaban J connectivity index is 1.36. The molecule has 0 amide bonds. The van der Waals surface area contributed by atoms with Crippen LogP contribution in [0.1, 0.15) is 45.1 Å². The van der Waals surface area contributed by atoms with Crippen LogP contribution in [0, 0.1) is 5.92 Å². The molecular formula is C23H35N5O. The van der Waals surface area contributed by atoms with Crippen LogP contribution in [0.4, 0.5) is 11.8 Å². The smallest absolute Gasteiger partial charge is 0.224 e. The van der Waals surface area contributed by atoms with E-state index in [0.29, 0.717) is 6.04 Å². The minimum atomic E-state index is 0.215. The molecule has 29 heavy (non-hydrogen) atoms. The topological polar surface area (TPSA) is 62.3 Å². The lowest BCUT2D eigenvalue weighted by molar-refractivity contribution is 0.242. The van der Waals surface area contributed by atoms with Crippen molar-refractivity contribution in [1.29, 1.82) is 0 Å². The average Bonchev–Trinajstić information content (AvgIpc) is 2.70. The largest absolute Gasteiger partial charge is 0.491 e. The summed E-state index contributed by atoms with van der Waals surface area (Å²) in [4.78, 5) is 10.9. The van der Waals surface area contributed by atoms with E-state index in [2.05, 4.69) is 44.9 Å². The Bertz CT molecular complexity index is 739. The molecule has 158 valence electrons. The zero-order valence-electron chi connectivity index (χ0n) is 18.2. The minimum Gasteiger partial charge on any atom is -0.491 e. The highest BCUT2D eigenvalue weighted by Gasteiger charge is 2.21. The van der Waals surface area contributed by atoms with Gasteiger partial charge in [0.15, 0.2) is 0 Å². The third kappa shape index (κ3) is 6.89. The zero-order chi connectivity index (χ0) is 20.6. The maximum absolute atomic E-state index is 5.70. The summed E-state index contributed by atoms with van der Waals surface area (Å²) in [6.07, 6.45) is 6.85. The van der Waals surface area contributed by atoms with Gasteiger partial charge in [-0.2, -0.15) is 4.98 Å². The van der Waals surface area contributed by atoms with Crippen LogP contribution >= 0.6 is 0 Å². The Labute approximate surface area is 175 Å². The average molecular weight is 398 g/mol. The molecule has 2 aromatic rings. The van der Waals surface area contributed by atoms with Crippen LogP contribution in [0.15, 0.2) is 36.5 Å². The third-order valence-corrected chi connectivity index (χ3v) is 5.34. The molecular weight excluding hydrogens is 362 g/mol. The van der Waals surface area contributed by atoms with Crippen LogP contribution in [0.5, 0.6) is 5.75 Å². The lowest BCUT2D eigenvalue weighted by Crippen LogP contribution is -2.31. The summed E-state index contributed by atoms with van der Waals surface area (Å²) in [5.74, 6) is 3.35. The molecule has 1 heterocycles. The molecule has 0 unspecified atom stereocenters. The highest BCUT2D eigenvalue weighted by molar-refractivity contribution is 5.41. The Hall–Kier alpha value is -2.34. The van der Waals surface area contributed by atoms with Gasteiger partial charge in [0.1, 0.15) is 11.6 Å². The van der Waals surface area contributed by atoms with Crippen molar-refractivity contribution in [2.75, 3.05) is 30.9 Å². The maximum Gasteiger partial charge on any atom is 0.224 e. The lowest BCUT2D eigenvalue weighted by atomic mass is 9.86. The Kier molecular flexibility index (Phi) is 7.69. The fourth-order valence-electron chi connectivity index (χ4n) is 3.74. The molecule has 0 aliphatic heterocycles. The van der Waals surface area contributed by atoms with Crippen LogP contribution in [-0.2, 0) is 6.54 Å². The number of hydrogen-bond donors (Lipinski definition) is 2. The van der Waals surface area contributed by atoms with E-state index in [0.717, 1.165) is 36.5 Å². The molecule has 0 radical (unpaired) electrons. The minimum absolute atomic E-state index is 0.215. The van der Waals surface area contributed by atoms with E-state index in [-0.39, 0.29) is 6.10 Å². The fourth-order valence-corrected chi connectivity index (χ4v) is 3.74. The molecule has 0 spiro atoms. The van der Waals surface area contributed by atoms with E-state index in [1.165, 1.54) is 31.2 Å². The second-order valence-corrected chi connectivity index (χ2v) is 8.44. The van der Waals surface area contributed by atoms with Crippen molar-refractivity contribution in [2.24, 2.45) is 5.92 Å². The first-order chi connectivity index (χ1) is 14.0. The summed E-state index contributed by atoms with van der Waals surface area (Å²) in [6, 6.07) is 10.8. The standard InChI is InChI=1S/C23H35N5O/c1-17(2)29-21-11-7-19(8-12-21)16-24-15-18-5-9-20(10-6-18)26-23-25-14-13-22(27-23)28(3)4/h7-8,11-14,17-18,20,24H,5-6,9-10,15-16H2,1-4H3,(H,25,26,27)/t18-,20+. The van der Waals surface area contributed by atoms with Gasteiger partial charge in [-0.15, -0.1) is 0 Å². The molecule has 2 N–H and O–H groups in total. The van der Waals surface area contributed by atoms with Gasteiger partial charge in [0, 0.05) is 32.9 Å². The summed E-state index contributed by atoms with van der Waals surface area (Å²) >= 11 is 0. The first-order valence-corrected chi connectivity index (χ1v) is 10.7. The van der Waals surface area contributed by atoms with Crippen molar-refractivity contribution in [3.05, 3.63) is 42.1 Å². The molecule has 1 fully saturated rings. The van der Waals surface area contributed by atoms with Crippen LogP contribution in [0.25, 0.3) is 0 Å². The van der Waals surface area contributed by atoms with Crippen molar-refractivity contribution < 1.29 is 4.74 Å². The van der Waals surface area contributed by atoms with Gasteiger partial charge < -0.3 is 20.3 Å². The highest BCUT2D eigenvalue weighted by Crippen LogP contribution is 2.26. The highest BCUT2D eigenvalue weighted by atomic mass is 16.5. The van der Waals surface area contributed by atoms with Gasteiger partial charge >= 0.3 is 0 Å². The van der Waals surface area contributed by atoms with Gasteiger partial charge in [0.25, 0.3) is 0 Å².